The molecule has 21 heavy (non-hydrogen) atoms. The molecule has 4 nitrogen and oxygen atoms in total. The predicted octanol–water partition coefficient (Wildman–Crippen LogP) is 3.33. The molecule has 0 aliphatic carbocycles. The lowest BCUT2D eigenvalue weighted by atomic mass is 10.2. The highest BCUT2D eigenvalue weighted by molar-refractivity contribution is 7.17. The minimum Gasteiger partial charge on any atom is -0.368 e. The zero-order chi connectivity index (χ0) is 14.8. The summed E-state index contributed by atoms with van der Waals surface area (Å²) >= 11 is 7.52. The van der Waals surface area contributed by atoms with Crippen LogP contribution in [0.3, 0.4) is 0 Å². The third-order valence-electron chi connectivity index (χ3n) is 3.56. The molecule has 1 saturated heterocycles. The van der Waals surface area contributed by atoms with Crippen molar-refractivity contribution in [1.29, 1.82) is 0 Å². The van der Waals surface area contributed by atoms with Crippen LogP contribution in [0, 0.1) is 0 Å². The maximum atomic E-state index is 11.3. The Morgan fingerprint density at radius 2 is 1.95 bits per heavy atom. The minimum atomic E-state index is 0.0799. The van der Waals surface area contributed by atoms with Crippen molar-refractivity contribution in [3.8, 4) is 0 Å². The fourth-order valence-electron chi connectivity index (χ4n) is 2.40. The number of anilines is 2. The van der Waals surface area contributed by atoms with Gasteiger partial charge in [0.15, 0.2) is 10.9 Å². The second-order valence-electron chi connectivity index (χ2n) is 5.02. The van der Waals surface area contributed by atoms with Crippen molar-refractivity contribution in [1.82, 2.24) is 4.98 Å². The number of nitrogens with zero attached hydrogens (tertiary/aromatic N) is 3. The summed E-state index contributed by atoms with van der Waals surface area (Å²) < 4.78 is 0. The quantitative estimate of drug-likeness (QED) is 0.813. The molecule has 0 radical (unpaired) electrons. The summed E-state index contributed by atoms with van der Waals surface area (Å²) in [5.41, 5.74) is 1.16. The zero-order valence-corrected chi connectivity index (χ0v) is 13.3. The Kier molecular flexibility index (Phi) is 4.12. The summed E-state index contributed by atoms with van der Waals surface area (Å²) in [5, 5.41) is 1.70. The number of hydrogen-bond acceptors (Lipinski definition) is 5. The van der Waals surface area contributed by atoms with E-state index >= 15 is 0 Å². The van der Waals surface area contributed by atoms with Gasteiger partial charge in [-0.05, 0) is 18.2 Å². The minimum absolute atomic E-state index is 0.0799. The van der Waals surface area contributed by atoms with Crippen LogP contribution in [0.4, 0.5) is 10.8 Å². The average molecular weight is 322 g/mol. The lowest BCUT2D eigenvalue weighted by molar-refractivity contribution is 0.102. The fourth-order valence-corrected chi connectivity index (χ4v) is 3.45. The van der Waals surface area contributed by atoms with Crippen molar-refractivity contribution in [2.24, 2.45) is 0 Å². The Bertz CT molecular complexity index is 650. The molecule has 1 aliphatic rings. The van der Waals surface area contributed by atoms with Gasteiger partial charge in [0.05, 0.1) is 11.1 Å². The van der Waals surface area contributed by atoms with E-state index in [0.717, 1.165) is 46.9 Å². The molecule has 110 valence electrons. The second-order valence-corrected chi connectivity index (χ2v) is 6.46. The van der Waals surface area contributed by atoms with E-state index < -0.39 is 0 Å². The maximum absolute atomic E-state index is 11.3. The molecule has 3 rings (SSSR count). The molecule has 1 aromatic heterocycles. The molecule has 2 aromatic rings. The van der Waals surface area contributed by atoms with Crippen LogP contribution in [0.5, 0.6) is 0 Å². The van der Waals surface area contributed by atoms with Crippen LogP contribution < -0.4 is 9.80 Å². The van der Waals surface area contributed by atoms with Crippen molar-refractivity contribution in [2.45, 2.75) is 6.92 Å². The van der Waals surface area contributed by atoms with Gasteiger partial charge in [0.1, 0.15) is 0 Å². The predicted molar refractivity (Wildman–Crippen MR) is 88.0 cm³/mol. The molecule has 2 heterocycles. The molecule has 0 bridgehead atoms. The summed E-state index contributed by atoms with van der Waals surface area (Å²) in [5.74, 6) is 0.0799. The summed E-state index contributed by atoms with van der Waals surface area (Å²) in [6.45, 7) is 5.23. The summed E-state index contributed by atoms with van der Waals surface area (Å²) in [6.07, 6.45) is 1.67. The largest absolute Gasteiger partial charge is 0.368 e. The van der Waals surface area contributed by atoms with Crippen molar-refractivity contribution in [3.05, 3.63) is 40.4 Å². The van der Waals surface area contributed by atoms with Gasteiger partial charge in [0, 0.05) is 43.8 Å². The van der Waals surface area contributed by atoms with Gasteiger partial charge < -0.3 is 9.80 Å². The highest BCUT2D eigenvalue weighted by Gasteiger charge is 2.20. The molecule has 0 amide bonds. The molecule has 1 aliphatic heterocycles. The van der Waals surface area contributed by atoms with E-state index in [2.05, 4.69) is 20.9 Å². The van der Waals surface area contributed by atoms with E-state index in [9.17, 15) is 4.79 Å². The first-order valence-electron chi connectivity index (χ1n) is 6.86. The number of ketones is 1. The number of hydrogen-bond donors (Lipinski definition) is 0. The third kappa shape index (κ3) is 3.19. The van der Waals surface area contributed by atoms with Gasteiger partial charge in [-0.15, -0.1) is 0 Å². The fraction of sp³-hybridized carbons (Fsp3) is 0.333. The monoisotopic (exact) mass is 321 g/mol. The Morgan fingerprint density at radius 3 is 2.57 bits per heavy atom. The smallest absolute Gasteiger partial charge is 0.186 e. The van der Waals surface area contributed by atoms with E-state index in [1.54, 1.807) is 13.1 Å². The summed E-state index contributed by atoms with van der Waals surface area (Å²) in [7, 11) is 0. The molecule has 1 aromatic carbocycles. The first-order chi connectivity index (χ1) is 10.1. The molecule has 0 N–H and O–H groups in total. The summed E-state index contributed by atoms with van der Waals surface area (Å²) in [4.78, 5) is 21.0. The van der Waals surface area contributed by atoms with Gasteiger partial charge in [0.2, 0.25) is 0 Å². The lowest BCUT2D eigenvalue weighted by Gasteiger charge is -2.36. The second kappa shape index (κ2) is 6.03. The number of aromatic nitrogens is 1. The molecular weight excluding hydrogens is 306 g/mol. The van der Waals surface area contributed by atoms with Crippen molar-refractivity contribution in [3.63, 3.8) is 0 Å². The van der Waals surface area contributed by atoms with Crippen LogP contribution >= 0.6 is 22.9 Å². The number of piperazine rings is 1. The number of carbonyl (C=O) groups is 1. The van der Waals surface area contributed by atoms with E-state index in [0.29, 0.717) is 0 Å². The van der Waals surface area contributed by atoms with Crippen LogP contribution in [0.2, 0.25) is 5.02 Å². The first-order valence-corrected chi connectivity index (χ1v) is 8.05. The van der Waals surface area contributed by atoms with E-state index in [1.807, 2.05) is 18.2 Å². The maximum Gasteiger partial charge on any atom is 0.186 e. The van der Waals surface area contributed by atoms with Gasteiger partial charge in [0.25, 0.3) is 0 Å². The molecule has 0 unspecified atom stereocenters. The summed E-state index contributed by atoms with van der Waals surface area (Å²) in [6, 6.07) is 7.94. The SMILES string of the molecule is CC(=O)c1cnc(N2CCN(c3cccc(Cl)c3)CC2)s1. The van der Waals surface area contributed by atoms with Crippen molar-refractivity contribution in [2.75, 3.05) is 36.0 Å². The number of thiazole rings is 1. The van der Waals surface area contributed by atoms with E-state index in [4.69, 9.17) is 11.6 Å². The van der Waals surface area contributed by atoms with Gasteiger partial charge in [-0.2, -0.15) is 0 Å². The van der Waals surface area contributed by atoms with Crippen LogP contribution in [0.1, 0.15) is 16.6 Å². The standard InChI is InChI=1S/C15H16ClN3OS/c1-11(20)14-10-17-15(21-14)19-7-5-18(6-8-19)13-4-2-3-12(16)9-13/h2-4,9-10H,5-8H2,1H3. The topological polar surface area (TPSA) is 36.4 Å². The van der Waals surface area contributed by atoms with Crippen molar-refractivity contribution < 1.29 is 4.79 Å². The lowest BCUT2D eigenvalue weighted by Crippen LogP contribution is -2.46. The average Bonchev–Trinajstić information content (AvgIpc) is 2.97. The van der Waals surface area contributed by atoms with Gasteiger partial charge in [-0.1, -0.05) is 29.0 Å². The van der Waals surface area contributed by atoms with Gasteiger partial charge in [-0.3, -0.25) is 4.79 Å². The molecular formula is C15H16ClN3OS. The Morgan fingerprint density at radius 1 is 1.24 bits per heavy atom. The highest BCUT2D eigenvalue weighted by Crippen LogP contribution is 2.26. The number of halogens is 1. The molecule has 0 atom stereocenters. The molecule has 0 saturated carbocycles. The molecule has 0 spiro atoms. The van der Waals surface area contributed by atoms with E-state index in [1.165, 1.54) is 11.3 Å². The van der Waals surface area contributed by atoms with Crippen LogP contribution in [-0.2, 0) is 0 Å². The highest BCUT2D eigenvalue weighted by atomic mass is 35.5. The van der Waals surface area contributed by atoms with Crippen LogP contribution in [-0.4, -0.2) is 36.9 Å². The number of Topliss-reactive ketones (excluding diaryl/α,β-unsaturated/α-hetero) is 1. The number of rotatable bonds is 3. The number of carbonyl (C=O) groups excluding carboxylic acids is 1. The third-order valence-corrected chi connectivity index (χ3v) is 4.96. The first kappa shape index (κ1) is 14.4. The van der Waals surface area contributed by atoms with Gasteiger partial charge >= 0.3 is 0 Å². The van der Waals surface area contributed by atoms with Crippen molar-refractivity contribution >= 4 is 39.5 Å². The Hall–Kier alpha value is -1.59. The Balaban J connectivity index is 1.66. The molecule has 6 heteroatoms. The van der Waals surface area contributed by atoms with E-state index in [-0.39, 0.29) is 5.78 Å². The Labute approximate surface area is 133 Å². The van der Waals surface area contributed by atoms with Crippen LogP contribution in [0.25, 0.3) is 0 Å². The van der Waals surface area contributed by atoms with Crippen LogP contribution in [0.15, 0.2) is 30.5 Å². The normalized spacial score (nSPS) is 15.3. The number of benzene rings is 1. The zero-order valence-electron chi connectivity index (χ0n) is 11.8. The van der Waals surface area contributed by atoms with Gasteiger partial charge in [-0.25, -0.2) is 4.98 Å². The molecule has 1 fully saturated rings.